The first-order chi connectivity index (χ1) is 15.7. The lowest BCUT2D eigenvalue weighted by Crippen LogP contribution is -2.84. The zero-order valence-corrected chi connectivity index (χ0v) is 18.4. The van der Waals surface area contributed by atoms with Crippen molar-refractivity contribution in [2.45, 2.75) is 19.4 Å². The fraction of sp³-hybridized carbons (Fsp3) is 0.440. The van der Waals surface area contributed by atoms with Gasteiger partial charge in [-0.05, 0) is 55.8 Å². The average molecular weight is 433 g/mol. The minimum absolute atomic E-state index is 0.0589. The maximum absolute atomic E-state index is 12.3. The normalized spacial score (nSPS) is 21.1. The van der Waals surface area contributed by atoms with Crippen molar-refractivity contribution in [1.29, 1.82) is 0 Å². The number of fused-ring (bicyclic) bond motifs is 2. The van der Waals surface area contributed by atoms with Crippen LogP contribution in [0.1, 0.15) is 39.9 Å². The number of piperazine rings is 1. The molecule has 2 aromatic carbocycles. The molecule has 4 heterocycles. The summed E-state index contributed by atoms with van der Waals surface area (Å²) in [6.07, 6.45) is 2.74. The second-order valence-corrected chi connectivity index (χ2v) is 9.25. The molecular formula is C25H30N5O2+. The smallest absolute Gasteiger partial charge is 0.369 e. The highest BCUT2D eigenvalue weighted by Gasteiger charge is 2.34. The van der Waals surface area contributed by atoms with Gasteiger partial charge in [-0.25, -0.2) is 4.79 Å². The predicted molar refractivity (Wildman–Crippen MR) is 122 cm³/mol. The fourth-order valence-electron chi connectivity index (χ4n) is 5.31. The number of primary amides is 1. The Kier molecular flexibility index (Phi) is 5.27. The molecule has 4 aliphatic rings. The Morgan fingerprint density at radius 1 is 0.844 bits per heavy atom. The van der Waals surface area contributed by atoms with Crippen molar-refractivity contribution in [3.63, 3.8) is 0 Å². The van der Waals surface area contributed by atoms with Crippen LogP contribution in [-0.2, 0) is 6.54 Å². The van der Waals surface area contributed by atoms with Crippen molar-refractivity contribution in [2.75, 3.05) is 52.4 Å². The Bertz CT molecular complexity index is 1070. The number of benzene rings is 2. The van der Waals surface area contributed by atoms with Gasteiger partial charge in [-0.2, -0.15) is 5.43 Å². The van der Waals surface area contributed by atoms with Crippen LogP contribution in [0.2, 0.25) is 0 Å². The fourth-order valence-corrected chi connectivity index (χ4v) is 5.31. The third kappa shape index (κ3) is 3.75. The van der Waals surface area contributed by atoms with Gasteiger partial charge in [-0.15, -0.1) is 0 Å². The average Bonchev–Trinajstić information content (AvgIpc) is 3.34. The number of hydrogen-bond acceptors (Lipinski definition) is 6. The molecule has 2 N–H and O–H groups in total. The highest BCUT2D eigenvalue weighted by atomic mass is 16.5. The van der Waals surface area contributed by atoms with Gasteiger partial charge in [0.1, 0.15) is 17.2 Å². The molecule has 0 aliphatic carbocycles. The van der Waals surface area contributed by atoms with Crippen LogP contribution in [0.15, 0.2) is 41.5 Å². The molecule has 0 radical (unpaired) electrons. The molecule has 166 valence electrons. The Morgan fingerprint density at radius 3 is 2.41 bits per heavy atom. The van der Waals surface area contributed by atoms with Gasteiger partial charge >= 0.3 is 5.91 Å². The first-order valence-electron chi connectivity index (χ1n) is 11.8. The summed E-state index contributed by atoms with van der Waals surface area (Å²) in [5, 5.41) is 4.51. The molecule has 0 atom stereocenters. The first kappa shape index (κ1) is 20.1. The molecule has 0 bridgehead atoms. The van der Waals surface area contributed by atoms with Crippen LogP contribution in [0, 0.1) is 0 Å². The van der Waals surface area contributed by atoms with Crippen molar-refractivity contribution in [3.8, 4) is 11.5 Å². The summed E-state index contributed by atoms with van der Waals surface area (Å²) in [6.45, 7) is 10.4. The van der Waals surface area contributed by atoms with E-state index >= 15 is 0 Å². The molecular weight excluding hydrogens is 402 g/mol. The highest BCUT2D eigenvalue weighted by molar-refractivity contribution is 6.22. The third-order valence-corrected chi connectivity index (χ3v) is 7.16. The van der Waals surface area contributed by atoms with Crippen LogP contribution < -0.4 is 10.2 Å². The summed E-state index contributed by atoms with van der Waals surface area (Å²) in [5.74, 6) is 1.47. The monoisotopic (exact) mass is 432 g/mol. The van der Waals surface area contributed by atoms with Gasteiger partial charge in [-0.1, -0.05) is 17.2 Å². The van der Waals surface area contributed by atoms with E-state index in [2.05, 4.69) is 31.9 Å². The van der Waals surface area contributed by atoms with Gasteiger partial charge in [0.05, 0.1) is 11.1 Å². The number of amides is 1. The number of nitrogens with zero attached hydrogens (tertiary/aromatic N) is 4. The number of rotatable bonds is 5. The van der Waals surface area contributed by atoms with Crippen molar-refractivity contribution in [3.05, 3.63) is 58.7 Å². The van der Waals surface area contributed by atoms with Gasteiger partial charge < -0.3 is 9.64 Å². The van der Waals surface area contributed by atoms with Crippen molar-refractivity contribution < 1.29 is 15.0 Å². The van der Waals surface area contributed by atoms with E-state index in [4.69, 9.17) is 4.74 Å². The number of quaternary nitrogens is 1. The summed E-state index contributed by atoms with van der Waals surface area (Å²) < 4.78 is 6.13. The molecule has 0 saturated carbocycles. The zero-order valence-electron chi connectivity index (χ0n) is 18.4. The lowest BCUT2D eigenvalue weighted by Gasteiger charge is -2.35. The minimum Gasteiger partial charge on any atom is -0.456 e. The largest absolute Gasteiger partial charge is 0.456 e. The van der Waals surface area contributed by atoms with E-state index in [-0.39, 0.29) is 5.91 Å². The van der Waals surface area contributed by atoms with E-state index in [1.54, 1.807) is 0 Å². The molecule has 0 aromatic heterocycles. The van der Waals surface area contributed by atoms with Crippen LogP contribution in [0.25, 0.3) is 0 Å². The molecule has 2 fully saturated rings. The van der Waals surface area contributed by atoms with E-state index in [0.29, 0.717) is 11.3 Å². The summed E-state index contributed by atoms with van der Waals surface area (Å²) in [7, 11) is 0. The number of carbonyl (C=O) groups is 1. The minimum atomic E-state index is -0.0589. The van der Waals surface area contributed by atoms with Crippen molar-refractivity contribution in [2.24, 2.45) is 5.10 Å². The van der Waals surface area contributed by atoms with Gasteiger partial charge in [0.2, 0.25) is 0 Å². The molecule has 4 aliphatic heterocycles. The lowest BCUT2D eigenvalue weighted by atomic mass is 9.91. The second-order valence-electron chi connectivity index (χ2n) is 9.25. The molecule has 2 saturated heterocycles. The molecule has 7 heteroatoms. The number of ether oxygens (including phenoxy) is 1. The van der Waals surface area contributed by atoms with Crippen LogP contribution >= 0.6 is 0 Å². The maximum Gasteiger partial charge on any atom is 0.369 e. The predicted octanol–water partition coefficient (Wildman–Crippen LogP) is 1.48. The summed E-state index contributed by atoms with van der Waals surface area (Å²) in [6, 6.07) is 12.0. The van der Waals surface area contributed by atoms with Gasteiger partial charge in [0.25, 0.3) is 0 Å². The molecule has 7 nitrogen and oxygen atoms in total. The Hall–Kier alpha value is -2.58. The number of likely N-dealkylation sites (tertiary alicyclic amines) is 1. The van der Waals surface area contributed by atoms with Crippen molar-refractivity contribution >= 4 is 11.6 Å². The zero-order chi connectivity index (χ0) is 21.5. The third-order valence-electron chi connectivity index (χ3n) is 7.16. The summed E-state index contributed by atoms with van der Waals surface area (Å²) in [4.78, 5) is 20.0. The highest BCUT2D eigenvalue weighted by Crippen LogP contribution is 2.39. The summed E-state index contributed by atoms with van der Waals surface area (Å²) >= 11 is 0. The second kappa shape index (κ2) is 8.41. The summed E-state index contributed by atoms with van der Waals surface area (Å²) in [5.41, 5.74) is 6.04. The number of nitrogens with two attached hydrogens (primary N) is 1. The molecule has 2 aromatic rings. The van der Waals surface area contributed by atoms with Crippen LogP contribution in [0.3, 0.4) is 0 Å². The van der Waals surface area contributed by atoms with Crippen molar-refractivity contribution in [1.82, 2.24) is 14.7 Å². The molecule has 6 rings (SSSR count). The molecule has 32 heavy (non-hydrogen) atoms. The van der Waals surface area contributed by atoms with Crippen LogP contribution in [-0.4, -0.2) is 78.7 Å². The van der Waals surface area contributed by atoms with E-state index in [1.807, 2.05) is 24.3 Å². The molecule has 1 amide bonds. The number of hydrogen-bond donors (Lipinski definition) is 1. The quantitative estimate of drug-likeness (QED) is 0.619. The van der Waals surface area contributed by atoms with E-state index in [0.717, 1.165) is 55.3 Å². The van der Waals surface area contributed by atoms with Gasteiger partial charge in [0.15, 0.2) is 0 Å². The Morgan fingerprint density at radius 2 is 1.59 bits per heavy atom. The Labute approximate surface area is 188 Å². The first-order valence-corrected chi connectivity index (χ1v) is 11.8. The SMILES string of the molecule is O=C1[NH2+]N=C2c3cc(CN4CCN(CCN5CCCC5)CC4)ccc3Oc3cccc1c32. The molecule has 0 unspecified atom stereocenters. The van der Waals surface area contributed by atoms with E-state index < -0.39 is 0 Å². The topological polar surface area (TPSA) is 65.0 Å². The Balaban J connectivity index is 1.12. The number of carbonyl (C=O) groups excluding carboxylic acids is 1. The van der Waals surface area contributed by atoms with Gasteiger partial charge in [-0.3, -0.25) is 9.80 Å². The van der Waals surface area contributed by atoms with E-state index in [9.17, 15) is 4.79 Å². The van der Waals surface area contributed by atoms with E-state index in [1.165, 1.54) is 50.0 Å². The van der Waals surface area contributed by atoms with Crippen LogP contribution in [0.5, 0.6) is 11.5 Å². The maximum atomic E-state index is 12.3. The molecule has 0 spiro atoms. The van der Waals surface area contributed by atoms with Crippen LogP contribution in [0.4, 0.5) is 0 Å². The lowest BCUT2D eigenvalue weighted by molar-refractivity contribution is -0.561. The van der Waals surface area contributed by atoms with Gasteiger partial charge in [0, 0.05) is 51.4 Å². The standard InChI is InChI=1S/C25H29N5O2/c31-25-19-4-3-5-22-23(19)24(26-27-25)20-16-18(6-7-21(20)32-22)17-30-14-12-29(13-15-30)11-10-28-8-1-2-9-28/h3-7,16H,1-2,8-15,17H2,(H,27,31)/p+1.